The van der Waals surface area contributed by atoms with Crippen LogP contribution in [0.25, 0.3) is 0 Å². The van der Waals surface area contributed by atoms with E-state index in [4.69, 9.17) is 9.84 Å². The minimum atomic E-state index is -2.91. The lowest BCUT2D eigenvalue weighted by molar-refractivity contribution is 0.0675. The van der Waals surface area contributed by atoms with Gasteiger partial charge in [0.05, 0.1) is 6.10 Å². The van der Waals surface area contributed by atoms with Crippen LogP contribution in [0.1, 0.15) is 41.9 Å². The van der Waals surface area contributed by atoms with Crippen LogP contribution >= 0.6 is 0 Å². The molecule has 1 unspecified atom stereocenters. The number of aromatic nitrogens is 3. The zero-order valence-corrected chi connectivity index (χ0v) is 9.55. The number of hydrogen-bond donors (Lipinski definition) is 1. The van der Waals surface area contributed by atoms with E-state index in [2.05, 4.69) is 10.3 Å². The molecule has 1 saturated heterocycles. The Kier molecular flexibility index (Phi) is 3.85. The highest BCUT2D eigenvalue weighted by Gasteiger charge is 2.26. The number of aryl methyl sites for hydroxylation is 1. The van der Waals surface area contributed by atoms with Crippen LogP contribution in [-0.2, 0) is 11.3 Å². The third-order valence-corrected chi connectivity index (χ3v) is 2.87. The van der Waals surface area contributed by atoms with E-state index in [1.807, 2.05) is 0 Å². The van der Waals surface area contributed by atoms with Gasteiger partial charge in [0, 0.05) is 13.2 Å². The predicted molar refractivity (Wildman–Crippen MR) is 55.5 cm³/mol. The van der Waals surface area contributed by atoms with Crippen molar-refractivity contribution < 1.29 is 23.4 Å². The maximum absolute atomic E-state index is 12.8. The Morgan fingerprint density at radius 2 is 2.39 bits per heavy atom. The van der Waals surface area contributed by atoms with Gasteiger partial charge in [-0.3, -0.25) is 0 Å². The fourth-order valence-electron chi connectivity index (χ4n) is 1.99. The highest BCUT2D eigenvalue weighted by molar-refractivity contribution is 5.86. The highest BCUT2D eigenvalue weighted by Crippen LogP contribution is 2.23. The Morgan fingerprint density at radius 1 is 1.61 bits per heavy atom. The Labute approximate surface area is 102 Å². The van der Waals surface area contributed by atoms with Crippen LogP contribution in [0, 0.1) is 0 Å². The van der Waals surface area contributed by atoms with Crippen molar-refractivity contribution >= 4 is 5.97 Å². The van der Waals surface area contributed by atoms with Gasteiger partial charge in [-0.25, -0.2) is 18.3 Å². The Morgan fingerprint density at radius 3 is 2.94 bits per heavy atom. The van der Waals surface area contributed by atoms with E-state index in [0.717, 1.165) is 17.5 Å². The molecule has 1 aromatic rings. The first kappa shape index (κ1) is 12.9. The number of carbonyl (C=O) groups is 1. The summed E-state index contributed by atoms with van der Waals surface area (Å²) in [5, 5.41) is 15.5. The number of halogens is 2. The van der Waals surface area contributed by atoms with Crippen LogP contribution in [0.4, 0.5) is 8.78 Å². The highest BCUT2D eigenvalue weighted by atomic mass is 19.3. The second-order valence-corrected chi connectivity index (χ2v) is 4.08. The summed E-state index contributed by atoms with van der Waals surface area (Å²) in [5.41, 5.74) is -1.32. The normalized spacial score (nSPS) is 19.6. The minimum absolute atomic E-state index is 0.0352. The van der Waals surface area contributed by atoms with Crippen LogP contribution in [0.3, 0.4) is 0 Å². The molecule has 18 heavy (non-hydrogen) atoms. The van der Waals surface area contributed by atoms with E-state index in [9.17, 15) is 13.6 Å². The second kappa shape index (κ2) is 5.38. The van der Waals surface area contributed by atoms with Gasteiger partial charge < -0.3 is 9.84 Å². The van der Waals surface area contributed by atoms with Gasteiger partial charge in [0.2, 0.25) is 0 Å². The fourth-order valence-corrected chi connectivity index (χ4v) is 1.99. The molecule has 1 fully saturated rings. The molecular weight excluding hydrogens is 248 g/mol. The van der Waals surface area contributed by atoms with E-state index in [-0.39, 0.29) is 12.6 Å². The van der Waals surface area contributed by atoms with Gasteiger partial charge in [0.25, 0.3) is 6.43 Å². The molecule has 0 saturated carbocycles. The van der Waals surface area contributed by atoms with Crippen LogP contribution in [-0.4, -0.2) is 38.8 Å². The molecule has 8 heteroatoms. The number of hydrogen-bond acceptors (Lipinski definition) is 4. The first-order valence-electron chi connectivity index (χ1n) is 5.66. The van der Waals surface area contributed by atoms with Crippen LogP contribution in [0.15, 0.2) is 0 Å². The lowest BCUT2D eigenvalue weighted by atomic mass is 10.2. The number of nitrogens with zero attached hydrogens (tertiary/aromatic N) is 3. The Hall–Kier alpha value is -1.57. The molecule has 0 spiro atoms. The number of carboxylic acid groups (broad SMARTS) is 1. The van der Waals surface area contributed by atoms with Crippen LogP contribution < -0.4 is 0 Å². The summed E-state index contributed by atoms with van der Waals surface area (Å²) in [5.74, 6) is -1.49. The van der Waals surface area contributed by atoms with E-state index in [1.165, 1.54) is 0 Å². The van der Waals surface area contributed by atoms with Gasteiger partial charge in [-0.05, 0) is 19.3 Å². The van der Waals surface area contributed by atoms with Crippen LogP contribution in [0.2, 0.25) is 0 Å². The number of rotatable bonds is 5. The Bertz CT molecular complexity index is 430. The summed E-state index contributed by atoms with van der Waals surface area (Å²) < 4.78 is 31.9. The third-order valence-electron chi connectivity index (χ3n) is 2.87. The third kappa shape index (κ3) is 2.63. The maximum Gasteiger partial charge on any atom is 0.358 e. The molecule has 1 aliphatic heterocycles. The average molecular weight is 261 g/mol. The van der Waals surface area contributed by atoms with Gasteiger partial charge in [-0.1, -0.05) is 5.21 Å². The molecule has 0 amide bonds. The van der Waals surface area contributed by atoms with Gasteiger partial charge in [0.1, 0.15) is 5.69 Å². The number of alkyl halides is 2. The van der Waals surface area contributed by atoms with Crippen molar-refractivity contribution in [1.29, 1.82) is 0 Å². The molecular formula is C10H13F2N3O3. The fraction of sp³-hybridized carbons (Fsp3) is 0.700. The summed E-state index contributed by atoms with van der Waals surface area (Å²) in [6, 6.07) is 0. The van der Waals surface area contributed by atoms with Crippen molar-refractivity contribution in [2.24, 2.45) is 0 Å². The smallest absolute Gasteiger partial charge is 0.358 e. The van der Waals surface area contributed by atoms with E-state index < -0.39 is 23.8 Å². The summed E-state index contributed by atoms with van der Waals surface area (Å²) in [6.45, 7) is 0.870. The zero-order chi connectivity index (χ0) is 13.1. The number of carboxylic acids is 1. The second-order valence-electron chi connectivity index (χ2n) is 4.08. The van der Waals surface area contributed by atoms with Gasteiger partial charge in [-0.2, -0.15) is 0 Å². The lowest BCUT2D eigenvalue weighted by Gasteiger charge is -2.10. The first-order chi connectivity index (χ1) is 8.59. The number of ether oxygens (including phenoxy) is 1. The predicted octanol–water partition coefficient (Wildman–Crippen LogP) is 1.48. The first-order valence-corrected chi connectivity index (χ1v) is 5.66. The van der Waals surface area contributed by atoms with Crippen molar-refractivity contribution in [3.63, 3.8) is 0 Å². The molecule has 100 valence electrons. The summed E-state index contributed by atoms with van der Waals surface area (Å²) in [7, 11) is 0. The van der Waals surface area contributed by atoms with Crippen molar-refractivity contribution in [1.82, 2.24) is 15.0 Å². The van der Waals surface area contributed by atoms with Crippen molar-refractivity contribution in [3.05, 3.63) is 11.4 Å². The van der Waals surface area contributed by atoms with E-state index in [0.29, 0.717) is 13.0 Å². The largest absolute Gasteiger partial charge is 0.476 e. The molecule has 1 aliphatic rings. The summed E-state index contributed by atoms with van der Waals surface area (Å²) in [4.78, 5) is 10.7. The van der Waals surface area contributed by atoms with Crippen molar-refractivity contribution in [2.75, 3.05) is 6.61 Å². The van der Waals surface area contributed by atoms with Gasteiger partial charge >= 0.3 is 5.97 Å². The molecule has 1 aromatic heterocycles. The minimum Gasteiger partial charge on any atom is -0.476 e. The lowest BCUT2D eigenvalue weighted by Crippen LogP contribution is -2.14. The molecule has 6 nitrogen and oxygen atoms in total. The van der Waals surface area contributed by atoms with Crippen molar-refractivity contribution in [2.45, 2.75) is 38.3 Å². The maximum atomic E-state index is 12.8. The molecule has 2 heterocycles. The van der Waals surface area contributed by atoms with Crippen LogP contribution in [0.5, 0.6) is 0 Å². The van der Waals surface area contributed by atoms with Gasteiger partial charge in [0.15, 0.2) is 5.69 Å². The molecule has 0 bridgehead atoms. The molecule has 2 rings (SSSR count). The quantitative estimate of drug-likeness (QED) is 0.868. The molecule has 0 aliphatic carbocycles. The molecule has 0 aromatic carbocycles. The van der Waals surface area contributed by atoms with Crippen molar-refractivity contribution in [3.8, 4) is 0 Å². The van der Waals surface area contributed by atoms with Gasteiger partial charge in [-0.15, -0.1) is 5.10 Å². The number of aromatic carboxylic acids is 1. The molecule has 1 atom stereocenters. The monoisotopic (exact) mass is 261 g/mol. The summed E-state index contributed by atoms with van der Waals surface area (Å²) >= 11 is 0. The molecule has 1 N–H and O–H groups in total. The Balaban J connectivity index is 2.09. The van der Waals surface area contributed by atoms with E-state index in [1.54, 1.807) is 0 Å². The molecule has 0 radical (unpaired) electrons. The SMILES string of the molecule is O=C(O)c1nnn(CCC2CCCO2)c1C(F)F. The van der Waals surface area contributed by atoms with E-state index >= 15 is 0 Å². The zero-order valence-electron chi connectivity index (χ0n) is 9.55. The standard InChI is InChI=1S/C10H13F2N3O3/c11-9(12)8-7(10(16)17)13-14-15(8)4-3-6-2-1-5-18-6/h6,9H,1-5H2,(H,16,17). The average Bonchev–Trinajstić information content (AvgIpc) is 2.95. The summed E-state index contributed by atoms with van der Waals surface area (Å²) in [6.07, 6.45) is -0.486. The topological polar surface area (TPSA) is 77.2 Å².